The van der Waals surface area contributed by atoms with Crippen LogP contribution in [-0.2, 0) is 4.79 Å². The van der Waals surface area contributed by atoms with Crippen molar-refractivity contribution in [3.63, 3.8) is 0 Å². The molecule has 3 heterocycles. The number of nitrogens with zero attached hydrogens (tertiary/aromatic N) is 4. The number of carbonyl (C=O) groups is 1. The Morgan fingerprint density at radius 1 is 1.03 bits per heavy atom. The number of carbonyl (C=O) groups excluding carboxylic acids is 1. The highest BCUT2D eigenvalue weighted by molar-refractivity contribution is 8.19. The van der Waals surface area contributed by atoms with Crippen LogP contribution >= 0.6 is 23.5 Å². The lowest BCUT2D eigenvalue weighted by Gasteiger charge is -2.19. The highest BCUT2D eigenvalue weighted by Crippen LogP contribution is 2.51. The number of hydrogen-bond acceptors (Lipinski definition) is 7. The van der Waals surface area contributed by atoms with Crippen LogP contribution in [0.3, 0.4) is 0 Å². The van der Waals surface area contributed by atoms with Crippen LogP contribution < -0.4 is 9.64 Å². The van der Waals surface area contributed by atoms with Gasteiger partial charge in [0.2, 0.25) is 0 Å². The molecule has 0 spiro atoms. The van der Waals surface area contributed by atoms with E-state index in [0.717, 1.165) is 49.4 Å². The maximum absolute atomic E-state index is 13.4. The Balaban J connectivity index is 1.54. The first-order valence-corrected chi connectivity index (χ1v) is 12.1. The molecule has 1 aromatic heterocycles. The van der Waals surface area contributed by atoms with Gasteiger partial charge in [-0.1, -0.05) is 17.8 Å². The van der Waals surface area contributed by atoms with Gasteiger partial charge in [-0.05, 0) is 62.0 Å². The standard InChI is InChI=1S/C24H22N4O2S2/c1-4-27-19-14-17(30-3)9-11-20(19)31-23(27)21-22(29)28(5-2)24(32-21)26-16-8-10-18-15(13-16)7-6-12-25-18/h6-14H,4-5H2,1-3H3. The summed E-state index contributed by atoms with van der Waals surface area (Å²) in [6.07, 6.45) is 1.78. The number of rotatable bonds is 4. The summed E-state index contributed by atoms with van der Waals surface area (Å²) < 4.78 is 5.41. The largest absolute Gasteiger partial charge is 0.497 e. The maximum Gasteiger partial charge on any atom is 0.269 e. The minimum atomic E-state index is -0.000531. The first-order chi connectivity index (χ1) is 15.6. The van der Waals surface area contributed by atoms with Crippen molar-refractivity contribution in [2.24, 2.45) is 4.99 Å². The summed E-state index contributed by atoms with van der Waals surface area (Å²) in [5.74, 6) is 0.808. The molecule has 0 N–H and O–H groups in total. The number of anilines is 1. The average Bonchev–Trinajstić information content (AvgIpc) is 3.34. The number of ether oxygens (including phenoxy) is 1. The van der Waals surface area contributed by atoms with Crippen molar-refractivity contribution in [1.29, 1.82) is 0 Å². The molecule has 1 saturated heterocycles. The Labute approximate surface area is 195 Å². The van der Waals surface area contributed by atoms with Gasteiger partial charge in [0, 0.05) is 35.6 Å². The van der Waals surface area contributed by atoms with Crippen LogP contribution in [0.4, 0.5) is 11.4 Å². The van der Waals surface area contributed by atoms with E-state index in [9.17, 15) is 4.79 Å². The van der Waals surface area contributed by atoms with Crippen LogP contribution in [0.25, 0.3) is 10.9 Å². The normalized spacial score (nSPS) is 19.3. The lowest BCUT2D eigenvalue weighted by atomic mass is 10.2. The molecule has 1 amide bonds. The number of hydrogen-bond donors (Lipinski definition) is 0. The zero-order chi connectivity index (χ0) is 22.2. The number of pyridine rings is 1. The number of aliphatic imine (C=N–C) groups is 1. The van der Waals surface area contributed by atoms with Crippen molar-refractivity contribution in [2.75, 3.05) is 25.1 Å². The van der Waals surface area contributed by atoms with E-state index in [-0.39, 0.29) is 5.91 Å². The zero-order valence-electron chi connectivity index (χ0n) is 18.0. The lowest BCUT2D eigenvalue weighted by Crippen LogP contribution is -2.29. The predicted molar refractivity (Wildman–Crippen MR) is 133 cm³/mol. The molecule has 2 aliphatic rings. The van der Waals surface area contributed by atoms with E-state index in [1.54, 1.807) is 30.0 Å². The van der Waals surface area contributed by atoms with Gasteiger partial charge in [0.25, 0.3) is 5.91 Å². The van der Waals surface area contributed by atoms with Crippen molar-refractivity contribution in [1.82, 2.24) is 9.88 Å². The third-order valence-electron chi connectivity index (χ3n) is 5.41. The SMILES string of the molecule is CCN1C(=O)C(=C2Sc3ccc(OC)cc3N2CC)SC1=Nc1ccc2ncccc2c1. The lowest BCUT2D eigenvalue weighted by molar-refractivity contribution is -0.122. The fourth-order valence-corrected chi connectivity index (χ4v) is 6.25. The van der Waals surface area contributed by atoms with Crippen molar-refractivity contribution < 1.29 is 9.53 Å². The summed E-state index contributed by atoms with van der Waals surface area (Å²) in [5, 5.41) is 2.68. The van der Waals surface area contributed by atoms with Gasteiger partial charge >= 0.3 is 0 Å². The monoisotopic (exact) mass is 462 g/mol. The quantitative estimate of drug-likeness (QED) is 0.469. The smallest absolute Gasteiger partial charge is 0.269 e. The third-order valence-corrected chi connectivity index (χ3v) is 7.79. The molecule has 2 aromatic carbocycles. The highest BCUT2D eigenvalue weighted by atomic mass is 32.2. The van der Waals surface area contributed by atoms with Crippen LogP contribution in [0.2, 0.25) is 0 Å². The van der Waals surface area contributed by atoms with Crippen LogP contribution in [0.5, 0.6) is 5.75 Å². The Bertz CT molecular complexity index is 1290. The van der Waals surface area contributed by atoms with Gasteiger partial charge in [0.05, 0.1) is 24.0 Å². The van der Waals surface area contributed by atoms with E-state index in [1.807, 2.05) is 49.4 Å². The Kier molecular flexibility index (Phi) is 5.57. The zero-order valence-corrected chi connectivity index (χ0v) is 19.7. The van der Waals surface area contributed by atoms with Gasteiger partial charge in [-0.2, -0.15) is 0 Å². The number of thioether (sulfide) groups is 2. The number of benzene rings is 2. The Hall–Kier alpha value is -2.97. The predicted octanol–water partition coefficient (Wildman–Crippen LogP) is 5.63. The van der Waals surface area contributed by atoms with Gasteiger partial charge in [-0.3, -0.25) is 14.7 Å². The van der Waals surface area contributed by atoms with Crippen molar-refractivity contribution in [3.05, 3.63) is 64.7 Å². The molecular formula is C24H22N4O2S2. The van der Waals surface area contributed by atoms with Gasteiger partial charge in [-0.25, -0.2) is 4.99 Å². The second kappa shape index (κ2) is 8.52. The molecule has 1 fully saturated rings. The maximum atomic E-state index is 13.4. The van der Waals surface area contributed by atoms with E-state index < -0.39 is 0 Å². The number of fused-ring (bicyclic) bond motifs is 2. The van der Waals surface area contributed by atoms with Crippen LogP contribution in [0.1, 0.15) is 13.8 Å². The molecule has 0 saturated carbocycles. The van der Waals surface area contributed by atoms with Crippen LogP contribution in [0.15, 0.2) is 74.5 Å². The molecular weight excluding hydrogens is 440 g/mol. The number of aromatic nitrogens is 1. The Morgan fingerprint density at radius 2 is 1.88 bits per heavy atom. The number of amides is 1. The van der Waals surface area contributed by atoms with Gasteiger partial charge in [-0.15, -0.1) is 0 Å². The molecule has 0 unspecified atom stereocenters. The number of methoxy groups -OCH3 is 1. The summed E-state index contributed by atoms with van der Waals surface area (Å²) in [4.78, 5) is 28.3. The summed E-state index contributed by atoms with van der Waals surface area (Å²) in [7, 11) is 1.67. The van der Waals surface area contributed by atoms with Gasteiger partial charge in [0.15, 0.2) is 5.17 Å². The van der Waals surface area contributed by atoms with Crippen molar-refractivity contribution in [2.45, 2.75) is 18.7 Å². The highest BCUT2D eigenvalue weighted by Gasteiger charge is 2.39. The van der Waals surface area contributed by atoms with Crippen LogP contribution in [-0.4, -0.2) is 41.2 Å². The summed E-state index contributed by atoms with van der Waals surface area (Å²) in [5.41, 5.74) is 2.81. The minimum absolute atomic E-state index is 0.000531. The first kappa shape index (κ1) is 20.9. The number of amidine groups is 1. The molecule has 3 aromatic rings. The molecule has 5 rings (SSSR count). The van der Waals surface area contributed by atoms with Crippen LogP contribution in [0, 0.1) is 0 Å². The molecule has 8 heteroatoms. The van der Waals surface area contributed by atoms with Gasteiger partial charge < -0.3 is 9.64 Å². The van der Waals surface area contributed by atoms with Crippen molar-refractivity contribution in [3.8, 4) is 5.75 Å². The van der Waals surface area contributed by atoms with Crippen molar-refractivity contribution >= 4 is 56.9 Å². The molecule has 2 aliphatic heterocycles. The van der Waals surface area contributed by atoms with Gasteiger partial charge in [0.1, 0.15) is 15.7 Å². The van der Waals surface area contributed by atoms with E-state index in [1.165, 1.54) is 11.8 Å². The minimum Gasteiger partial charge on any atom is -0.497 e. The first-order valence-electron chi connectivity index (χ1n) is 10.4. The second-order valence-corrected chi connectivity index (χ2v) is 9.25. The summed E-state index contributed by atoms with van der Waals surface area (Å²) in [6.45, 7) is 5.39. The van der Waals surface area contributed by atoms with E-state index in [0.29, 0.717) is 11.7 Å². The fourth-order valence-electron chi connectivity index (χ4n) is 3.81. The topological polar surface area (TPSA) is 58.0 Å². The molecule has 0 atom stereocenters. The van der Waals surface area contributed by atoms with E-state index >= 15 is 0 Å². The summed E-state index contributed by atoms with van der Waals surface area (Å²) in [6, 6.07) is 15.9. The molecule has 6 nitrogen and oxygen atoms in total. The third kappa shape index (κ3) is 3.53. The molecule has 0 radical (unpaired) electrons. The van der Waals surface area contributed by atoms with E-state index in [2.05, 4.69) is 22.9 Å². The molecule has 0 bridgehead atoms. The molecule has 32 heavy (non-hydrogen) atoms. The summed E-state index contributed by atoms with van der Waals surface area (Å²) >= 11 is 3.08. The molecule has 0 aliphatic carbocycles. The molecule has 162 valence electrons. The number of likely N-dealkylation sites (N-methyl/N-ethyl adjacent to an activating group) is 1. The fraction of sp³-hybridized carbons (Fsp3) is 0.208. The Morgan fingerprint density at radius 3 is 2.66 bits per heavy atom. The average molecular weight is 463 g/mol. The second-order valence-electron chi connectivity index (χ2n) is 7.24. The van der Waals surface area contributed by atoms with E-state index in [4.69, 9.17) is 9.73 Å².